The highest BCUT2D eigenvalue weighted by molar-refractivity contribution is 5.54. The predicted molar refractivity (Wildman–Crippen MR) is 77.3 cm³/mol. The average molecular weight is 311 g/mol. The van der Waals surface area contributed by atoms with Gasteiger partial charge in [-0.3, -0.25) is 14.9 Å². The van der Waals surface area contributed by atoms with E-state index in [4.69, 9.17) is 10.5 Å². The Bertz CT molecular complexity index is 941. The predicted octanol–water partition coefficient (Wildman–Crippen LogP) is 0.896. The van der Waals surface area contributed by atoms with E-state index < -0.39 is 16.4 Å². The molecule has 1 aromatic heterocycles. The lowest BCUT2D eigenvalue weighted by Crippen LogP contribution is -2.28. The van der Waals surface area contributed by atoms with Crippen molar-refractivity contribution in [3.05, 3.63) is 73.6 Å². The summed E-state index contributed by atoms with van der Waals surface area (Å²) in [6.45, 7) is 0. The summed E-state index contributed by atoms with van der Waals surface area (Å²) >= 11 is 0. The summed E-state index contributed by atoms with van der Waals surface area (Å²) in [5.41, 5.74) is 5.52. The third-order valence-electron chi connectivity index (χ3n) is 3.44. The molecule has 0 fully saturated rings. The van der Waals surface area contributed by atoms with Crippen LogP contribution < -0.4 is 16.0 Å². The number of non-ortho nitro benzene ring substituents is 1. The molecule has 0 saturated heterocycles. The lowest BCUT2D eigenvalue weighted by atomic mass is 9.85. The van der Waals surface area contributed by atoms with Gasteiger partial charge in [-0.1, -0.05) is 12.1 Å². The molecule has 0 spiro atoms. The Morgan fingerprint density at radius 3 is 2.96 bits per heavy atom. The Morgan fingerprint density at radius 1 is 1.48 bits per heavy atom. The number of H-pyrrole nitrogens is 1. The molecule has 0 radical (unpaired) electrons. The van der Waals surface area contributed by atoms with E-state index in [1.807, 2.05) is 6.07 Å². The van der Waals surface area contributed by atoms with Gasteiger partial charge < -0.3 is 15.5 Å². The smallest absolute Gasteiger partial charge is 0.269 e. The van der Waals surface area contributed by atoms with Crippen molar-refractivity contribution in [1.29, 1.82) is 5.26 Å². The third kappa shape index (κ3) is 2.28. The van der Waals surface area contributed by atoms with E-state index in [0.29, 0.717) is 5.56 Å². The van der Waals surface area contributed by atoms with E-state index in [1.54, 1.807) is 6.07 Å². The molecule has 1 atom stereocenters. The summed E-state index contributed by atoms with van der Waals surface area (Å²) in [6.07, 6.45) is 1.15. The van der Waals surface area contributed by atoms with Crippen LogP contribution in [0.25, 0.3) is 0 Å². The Hall–Kier alpha value is -3.67. The molecule has 0 unspecified atom stereocenters. The number of aromatic nitrogens is 2. The van der Waals surface area contributed by atoms with Gasteiger partial charge in [0.1, 0.15) is 11.6 Å². The zero-order valence-corrected chi connectivity index (χ0v) is 11.5. The second kappa shape index (κ2) is 5.27. The van der Waals surface area contributed by atoms with Crippen molar-refractivity contribution in [3.63, 3.8) is 0 Å². The molecular weight excluding hydrogens is 302 g/mol. The number of ether oxygens (including phenoxy) is 1. The number of nitrogens with two attached hydrogens (primary N) is 1. The van der Waals surface area contributed by atoms with Crippen LogP contribution in [0.15, 0.2) is 46.8 Å². The molecule has 0 bridgehead atoms. The van der Waals surface area contributed by atoms with Gasteiger partial charge >= 0.3 is 0 Å². The van der Waals surface area contributed by atoms with Gasteiger partial charge in [0.15, 0.2) is 0 Å². The monoisotopic (exact) mass is 311 g/mol. The number of nitriles is 1. The molecule has 1 aromatic carbocycles. The van der Waals surface area contributed by atoms with Crippen LogP contribution in [0.1, 0.15) is 17.0 Å². The SMILES string of the molecule is N#CC1=C(N)Oc2nc[nH]c(=O)c2[C@H]1c1cccc([N+](=O)[O-])c1. The minimum absolute atomic E-state index is 0.00324. The minimum atomic E-state index is -0.888. The number of nitrogens with one attached hydrogen (secondary N) is 1. The highest BCUT2D eigenvalue weighted by atomic mass is 16.6. The first-order valence-electron chi connectivity index (χ1n) is 6.42. The second-order valence-corrected chi connectivity index (χ2v) is 4.73. The van der Waals surface area contributed by atoms with E-state index >= 15 is 0 Å². The Balaban J connectivity index is 2.29. The minimum Gasteiger partial charge on any atom is -0.422 e. The molecule has 1 aliphatic rings. The van der Waals surface area contributed by atoms with Crippen molar-refractivity contribution in [3.8, 4) is 11.9 Å². The number of hydrogen-bond donors (Lipinski definition) is 2. The van der Waals surface area contributed by atoms with E-state index in [9.17, 15) is 20.2 Å². The standard InChI is InChI=1S/C14H9N5O4/c15-5-9-10(7-2-1-3-8(4-7)19(21)22)11-13(20)17-6-18-14(11)23-12(9)16/h1-4,6,10H,16H2,(H,17,18,20)/t10-/m0/s1. The third-order valence-corrected chi connectivity index (χ3v) is 3.44. The second-order valence-electron chi connectivity index (χ2n) is 4.73. The quantitative estimate of drug-likeness (QED) is 0.618. The van der Waals surface area contributed by atoms with Crippen molar-refractivity contribution in [2.75, 3.05) is 0 Å². The number of allylic oxidation sites excluding steroid dienone is 1. The van der Waals surface area contributed by atoms with Crippen molar-refractivity contribution in [1.82, 2.24) is 9.97 Å². The van der Waals surface area contributed by atoms with Crippen molar-refractivity contribution >= 4 is 5.69 Å². The fourth-order valence-electron chi connectivity index (χ4n) is 2.45. The molecule has 114 valence electrons. The van der Waals surface area contributed by atoms with Crippen molar-refractivity contribution in [2.45, 2.75) is 5.92 Å². The van der Waals surface area contributed by atoms with Gasteiger partial charge in [-0.2, -0.15) is 5.26 Å². The normalized spacial score (nSPS) is 16.2. The van der Waals surface area contributed by atoms with Gasteiger partial charge in [0, 0.05) is 12.1 Å². The van der Waals surface area contributed by atoms with Crippen LogP contribution in [0.4, 0.5) is 5.69 Å². The lowest BCUT2D eigenvalue weighted by Gasteiger charge is -2.24. The van der Waals surface area contributed by atoms with Crippen LogP contribution in [-0.4, -0.2) is 14.9 Å². The van der Waals surface area contributed by atoms with Crippen molar-refractivity contribution in [2.24, 2.45) is 5.73 Å². The molecule has 2 heterocycles. The number of nitro benzene ring substituents is 1. The molecule has 0 amide bonds. The van der Waals surface area contributed by atoms with Gasteiger partial charge in [-0.15, -0.1) is 0 Å². The van der Waals surface area contributed by atoms with Gasteiger partial charge in [0.05, 0.1) is 22.7 Å². The number of fused-ring (bicyclic) bond motifs is 1. The maximum atomic E-state index is 12.2. The zero-order valence-electron chi connectivity index (χ0n) is 11.5. The number of hydrogen-bond acceptors (Lipinski definition) is 7. The van der Waals surface area contributed by atoms with Crippen LogP contribution in [0.5, 0.6) is 5.88 Å². The van der Waals surface area contributed by atoms with Crippen molar-refractivity contribution < 1.29 is 9.66 Å². The molecule has 9 nitrogen and oxygen atoms in total. The van der Waals surface area contributed by atoms with Gasteiger partial charge in [-0.25, -0.2) is 4.98 Å². The fourth-order valence-corrected chi connectivity index (χ4v) is 2.45. The van der Waals surface area contributed by atoms with Crippen LogP contribution in [-0.2, 0) is 0 Å². The van der Waals surface area contributed by atoms with Crippen LogP contribution in [0.3, 0.4) is 0 Å². The highest BCUT2D eigenvalue weighted by Gasteiger charge is 2.34. The summed E-state index contributed by atoms with van der Waals surface area (Å²) in [6, 6.07) is 7.55. The fraction of sp³-hybridized carbons (Fsp3) is 0.0714. The number of nitro groups is 1. The summed E-state index contributed by atoms with van der Waals surface area (Å²) in [4.78, 5) is 28.9. The largest absolute Gasteiger partial charge is 0.422 e. The van der Waals surface area contributed by atoms with Crippen LogP contribution in [0, 0.1) is 21.4 Å². The summed E-state index contributed by atoms with van der Waals surface area (Å²) < 4.78 is 5.22. The zero-order chi connectivity index (χ0) is 16.6. The molecular formula is C14H9N5O4. The van der Waals surface area contributed by atoms with Gasteiger partial charge in [-0.05, 0) is 5.56 Å². The van der Waals surface area contributed by atoms with Crippen LogP contribution >= 0.6 is 0 Å². The van der Waals surface area contributed by atoms with Crippen LogP contribution in [0.2, 0.25) is 0 Å². The van der Waals surface area contributed by atoms with E-state index in [2.05, 4.69) is 9.97 Å². The number of rotatable bonds is 2. The summed E-state index contributed by atoms with van der Waals surface area (Å²) in [5.74, 6) is -1.10. The summed E-state index contributed by atoms with van der Waals surface area (Å²) in [5, 5.41) is 20.3. The lowest BCUT2D eigenvalue weighted by molar-refractivity contribution is -0.384. The van der Waals surface area contributed by atoms with Gasteiger partial charge in [0.25, 0.3) is 11.2 Å². The maximum absolute atomic E-state index is 12.2. The summed E-state index contributed by atoms with van der Waals surface area (Å²) in [7, 11) is 0. The van der Waals surface area contributed by atoms with E-state index in [-0.39, 0.29) is 28.6 Å². The number of nitrogens with zero attached hydrogens (tertiary/aromatic N) is 3. The number of benzene rings is 1. The maximum Gasteiger partial charge on any atom is 0.269 e. The highest BCUT2D eigenvalue weighted by Crippen LogP contribution is 2.39. The first-order chi connectivity index (χ1) is 11.0. The average Bonchev–Trinajstić information content (AvgIpc) is 2.54. The first kappa shape index (κ1) is 14.3. The Labute approximate surface area is 128 Å². The molecule has 0 saturated carbocycles. The first-order valence-corrected chi connectivity index (χ1v) is 6.42. The molecule has 3 rings (SSSR count). The van der Waals surface area contributed by atoms with E-state index in [1.165, 1.54) is 18.2 Å². The Morgan fingerprint density at radius 2 is 2.26 bits per heavy atom. The molecule has 9 heteroatoms. The molecule has 3 N–H and O–H groups in total. The van der Waals surface area contributed by atoms with Gasteiger partial charge in [0.2, 0.25) is 11.8 Å². The Kier molecular flexibility index (Phi) is 3.27. The van der Waals surface area contributed by atoms with E-state index in [0.717, 1.165) is 6.33 Å². The topological polar surface area (TPSA) is 148 Å². The molecule has 23 heavy (non-hydrogen) atoms. The molecule has 2 aromatic rings. The molecule has 0 aliphatic carbocycles. The molecule has 1 aliphatic heterocycles. The number of aromatic amines is 1.